The van der Waals surface area contributed by atoms with Crippen molar-refractivity contribution in [3.63, 3.8) is 0 Å². The standard InChI is InChI=1S/C11H11BrO5/c1-2-15-11(14)9(13)6-3-4-7-10(8(6)12)17-5-16-7/h3-4,9,13H,2,5H2,1H3. The number of hydrogen-bond donors (Lipinski definition) is 1. The molecule has 1 N–H and O–H groups in total. The van der Waals surface area contributed by atoms with Gasteiger partial charge in [0, 0.05) is 5.56 Å². The molecule has 0 aliphatic carbocycles. The van der Waals surface area contributed by atoms with Crippen molar-refractivity contribution in [3.8, 4) is 11.5 Å². The molecule has 6 heteroatoms. The molecule has 92 valence electrons. The lowest BCUT2D eigenvalue weighted by Gasteiger charge is -2.12. The van der Waals surface area contributed by atoms with Crippen LogP contribution in [0.1, 0.15) is 18.6 Å². The molecule has 0 aromatic heterocycles. The molecule has 5 nitrogen and oxygen atoms in total. The molecule has 1 aromatic carbocycles. The Labute approximate surface area is 106 Å². The second-order valence-electron chi connectivity index (χ2n) is 3.36. The Morgan fingerprint density at radius 3 is 3.06 bits per heavy atom. The van der Waals surface area contributed by atoms with Gasteiger partial charge in [0.2, 0.25) is 6.79 Å². The molecule has 0 amide bonds. The van der Waals surface area contributed by atoms with Crippen LogP contribution in [0.2, 0.25) is 0 Å². The highest BCUT2D eigenvalue weighted by Crippen LogP contribution is 2.42. The van der Waals surface area contributed by atoms with Gasteiger partial charge in [0.1, 0.15) is 0 Å². The molecule has 17 heavy (non-hydrogen) atoms. The van der Waals surface area contributed by atoms with Crippen LogP contribution in [0.25, 0.3) is 0 Å². The zero-order valence-electron chi connectivity index (χ0n) is 9.10. The van der Waals surface area contributed by atoms with Crippen molar-refractivity contribution >= 4 is 21.9 Å². The summed E-state index contributed by atoms with van der Waals surface area (Å²) in [6.07, 6.45) is -1.33. The van der Waals surface area contributed by atoms with Crippen molar-refractivity contribution in [1.82, 2.24) is 0 Å². The molecular formula is C11H11BrO5. The van der Waals surface area contributed by atoms with E-state index in [0.29, 0.717) is 21.5 Å². The first-order chi connectivity index (χ1) is 8.15. The fourth-order valence-corrected chi connectivity index (χ4v) is 2.17. The predicted molar refractivity (Wildman–Crippen MR) is 61.9 cm³/mol. The van der Waals surface area contributed by atoms with E-state index in [0.717, 1.165) is 0 Å². The van der Waals surface area contributed by atoms with Crippen molar-refractivity contribution in [2.24, 2.45) is 0 Å². The molecule has 1 aliphatic rings. The van der Waals surface area contributed by atoms with E-state index in [1.165, 1.54) is 0 Å². The van der Waals surface area contributed by atoms with Crippen LogP contribution in [0.15, 0.2) is 16.6 Å². The fourth-order valence-electron chi connectivity index (χ4n) is 1.51. The average Bonchev–Trinajstić information content (AvgIpc) is 2.78. The highest BCUT2D eigenvalue weighted by atomic mass is 79.9. The lowest BCUT2D eigenvalue weighted by molar-refractivity contribution is -0.153. The molecule has 0 radical (unpaired) electrons. The van der Waals surface area contributed by atoms with Crippen molar-refractivity contribution in [1.29, 1.82) is 0 Å². The molecule has 0 fully saturated rings. The number of aliphatic hydroxyl groups excluding tert-OH is 1. The number of aliphatic hydroxyl groups is 1. The van der Waals surface area contributed by atoms with Crippen LogP contribution >= 0.6 is 15.9 Å². The first-order valence-corrected chi connectivity index (χ1v) is 5.87. The van der Waals surface area contributed by atoms with Crippen molar-refractivity contribution in [2.45, 2.75) is 13.0 Å². The minimum absolute atomic E-state index is 0.132. The van der Waals surface area contributed by atoms with Crippen LogP contribution in [-0.2, 0) is 9.53 Å². The summed E-state index contributed by atoms with van der Waals surface area (Å²) in [5.74, 6) is 0.384. The molecule has 0 spiro atoms. The molecule has 1 unspecified atom stereocenters. The Bertz CT molecular complexity index is 446. The second-order valence-corrected chi connectivity index (χ2v) is 4.15. The number of rotatable bonds is 3. The Hall–Kier alpha value is -1.27. The van der Waals surface area contributed by atoms with E-state index in [-0.39, 0.29) is 13.4 Å². The first-order valence-electron chi connectivity index (χ1n) is 5.07. The fraction of sp³-hybridized carbons (Fsp3) is 0.364. The summed E-state index contributed by atoms with van der Waals surface area (Å²) in [6, 6.07) is 3.24. The summed E-state index contributed by atoms with van der Waals surface area (Å²) < 4.78 is 15.7. The second kappa shape index (κ2) is 4.93. The van der Waals surface area contributed by atoms with Gasteiger partial charge < -0.3 is 19.3 Å². The molecule has 1 aromatic rings. The van der Waals surface area contributed by atoms with Gasteiger partial charge in [-0.05, 0) is 28.9 Å². The minimum atomic E-state index is -1.33. The van der Waals surface area contributed by atoms with E-state index in [2.05, 4.69) is 15.9 Å². The van der Waals surface area contributed by atoms with Gasteiger partial charge in [0.25, 0.3) is 0 Å². The minimum Gasteiger partial charge on any atom is -0.464 e. The highest BCUT2D eigenvalue weighted by Gasteiger charge is 2.26. The summed E-state index contributed by atoms with van der Waals surface area (Å²) in [4.78, 5) is 11.4. The summed E-state index contributed by atoms with van der Waals surface area (Å²) in [7, 11) is 0. The molecule has 1 atom stereocenters. The van der Waals surface area contributed by atoms with E-state index in [9.17, 15) is 9.90 Å². The van der Waals surface area contributed by atoms with Gasteiger partial charge in [-0.1, -0.05) is 6.07 Å². The SMILES string of the molecule is CCOC(=O)C(O)c1ccc2c(c1Br)OCO2. The number of esters is 1. The van der Waals surface area contributed by atoms with Gasteiger partial charge in [-0.25, -0.2) is 4.79 Å². The van der Waals surface area contributed by atoms with Gasteiger partial charge in [-0.15, -0.1) is 0 Å². The molecule has 0 bridgehead atoms. The normalized spacial score (nSPS) is 14.5. The van der Waals surface area contributed by atoms with E-state index in [1.807, 2.05) is 0 Å². The van der Waals surface area contributed by atoms with Crippen LogP contribution in [-0.4, -0.2) is 24.5 Å². The molecular weight excluding hydrogens is 292 g/mol. The number of carbonyl (C=O) groups is 1. The summed E-state index contributed by atoms with van der Waals surface area (Å²) in [6.45, 7) is 2.03. The smallest absolute Gasteiger partial charge is 0.339 e. The Morgan fingerprint density at radius 2 is 2.35 bits per heavy atom. The number of benzene rings is 1. The molecule has 1 heterocycles. The molecule has 2 rings (SSSR count). The summed E-state index contributed by atoms with van der Waals surface area (Å²) in [5, 5.41) is 9.83. The molecule has 1 aliphatic heterocycles. The maximum Gasteiger partial charge on any atom is 0.339 e. The maximum atomic E-state index is 11.4. The van der Waals surface area contributed by atoms with E-state index >= 15 is 0 Å². The average molecular weight is 303 g/mol. The largest absolute Gasteiger partial charge is 0.464 e. The summed E-state index contributed by atoms with van der Waals surface area (Å²) in [5.41, 5.74) is 0.396. The van der Waals surface area contributed by atoms with E-state index < -0.39 is 12.1 Å². The zero-order chi connectivity index (χ0) is 12.4. The van der Waals surface area contributed by atoms with Crippen molar-refractivity contribution < 1.29 is 24.1 Å². The van der Waals surface area contributed by atoms with Crippen molar-refractivity contribution in [2.75, 3.05) is 13.4 Å². The van der Waals surface area contributed by atoms with E-state index in [4.69, 9.17) is 14.2 Å². The molecule has 0 saturated carbocycles. The van der Waals surface area contributed by atoms with Crippen LogP contribution in [0.4, 0.5) is 0 Å². The number of fused-ring (bicyclic) bond motifs is 1. The quantitative estimate of drug-likeness (QED) is 0.862. The summed E-state index contributed by atoms with van der Waals surface area (Å²) >= 11 is 3.28. The Morgan fingerprint density at radius 1 is 1.59 bits per heavy atom. The van der Waals surface area contributed by atoms with Crippen LogP contribution in [0.3, 0.4) is 0 Å². The van der Waals surface area contributed by atoms with E-state index in [1.54, 1.807) is 19.1 Å². The molecule has 0 saturated heterocycles. The van der Waals surface area contributed by atoms with Crippen LogP contribution in [0, 0.1) is 0 Å². The van der Waals surface area contributed by atoms with Crippen LogP contribution < -0.4 is 9.47 Å². The predicted octanol–water partition coefficient (Wildman–Crippen LogP) is 1.77. The number of carbonyl (C=O) groups excluding carboxylic acids is 1. The third-order valence-electron chi connectivity index (χ3n) is 2.31. The Kier molecular flexibility index (Phi) is 3.54. The lowest BCUT2D eigenvalue weighted by Crippen LogP contribution is -2.15. The monoisotopic (exact) mass is 302 g/mol. The van der Waals surface area contributed by atoms with Gasteiger partial charge in [-0.3, -0.25) is 0 Å². The third-order valence-corrected chi connectivity index (χ3v) is 3.13. The third kappa shape index (κ3) is 2.23. The highest BCUT2D eigenvalue weighted by molar-refractivity contribution is 9.10. The van der Waals surface area contributed by atoms with Gasteiger partial charge in [-0.2, -0.15) is 0 Å². The zero-order valence-corrected chi connectivity index (χ0v) is 10.7. The van der Waals surface area contributed by atoms with Gasteiger partial charge in [0.15, 0.2) is 17.6 Å². The maximum absolute atomic E-state index is 11.4. The number of halogens is 1. The first kappa shape index (κ1) is 12.2. The van der Waals surface area contributed by atoms with Crippen LogP contribution in [0.5, 0.6) is 11.5 Å². The topological polar surface area (TPSA) is 65.0 Å². The van der Waals surface area contributed by atoms with Crippen molar-refractivity contribution in [3.05, 3.63) is 22.2 Å². The lowest BCUT2D eigenvalue weighted by atomic mass is 10.1. The Balaban J connectivity index is 2.30. The van der Waals surface area contributed by atoms with Gasteiger partial charge >= 0.3 is 5.97 Å². The number of hydrogen-bond acceptors (Lipinski definition) is 5. The van der Waals surface area contributed by atoms with Gasteiger partial charge in [0.05, 0.1) is 11.1 Å². The number of ether oxygens (including phenoxy) is 3.